The van der Waals surface area contributed by atoms with Gasteiger partial charge in [-0.2, -0.15) is 5.26 Å². The highest BCUT2D eigenvalue weighted by Gasteiger charge is 2.37. The first-order valence-electron chi connectivity index (χ1n) is 12.8. The van der Waals surface area contributed by atoms with Gasteiger partial charge in [-0.25, -0.2) is 0 Å². The van der Waals surface area contributed by atoms with E-state index in [1.165, 1.54) is 31.2 Å². The van der Waals surface area contributed by atoms with E-state index in [0.29, 0.717) is 5.75 Å². The van der Waals surface area contributed by atoms with E-state index in [0.717, 1.165) is 62.6 Å². The van der Waals surface area contributed by atoms with E-state index in [2.05, 4.69) is 31.0 Å². The minimum atomic E-state index is -0.246. The first kappa shape index (κ1) is 25.0. The Kier molecular flexibility index (Phi) is 9.48. The fourth-order valence-corrected chi connectivity index (χ4v) is 4.82. The minimum absolute atomic E-state index is 0.112. The standard InChI is InChI=1S/C29H38N2O2/c1-3-5-6-7-8-18-29(22-30)19-16-25(17-20-29)28(32)33-26-13-11-24(12-14-26)27-15-10-23(9-4-2)21-31-27/h10-15,21,25H,3-9,16-20H2,1-2H3. The molecule has 0 saturated heterocycles. The summed E-state index contributed by atoms with van der Waals surface area (Å²) in [4.78, 5) is 17.3. The van der Waals surface area contributed by atoms with Gasteiger partial charge in [0.15, 0.2) is 0 Å². The number of rotatable bonds is 11. The molecule has 0 unspecified atom stereocenters. The average Bonchev–Trinajstić information content (AvgIpc) is 2.85. The first-order valence-corrected chi connectivity index (χ1v) is 12.8. The Morgan fingerprint density at radius 3 is 2.36 bits per heavy atom. The molecule has 0 atom stereocenters. The lowest BCUT2D eigenvalue weighted by Crippen LogP contribution is -2.31. The molecule has 0 bridgehead atoms. The predicted molar refractivity (Wildman–Crippen MR) is 133 cm³/mol. The highest BCUT2D eigenvalue weighted by molar-refractivity contribution is 5.75. The second-order valence-electron chi connectivity index (χ2n) is 9.58. The van der Waals surface area contributed by atoms with Gasteiger partial charge in [0.2, 0.25) is 0 Å². The van der Waals surface area contributed by atoms with Crippen LogP contribution in [-0.2, 0) is 11.2 Å². The van der Waals surface area contributed by atoms with Crippen molar-refractivity contribution in [3.63, 3.8) is 0 Å². The van der Waals surface area contributed by atoms with Gasteiger partial charge in [0, 0.05) is 11.8 Å². The first-order chi connectivity index (χ1) is 16.1. The number of pyridine rings is 1. The van der Waals surface area contributed by atoms with Crippen LogP contribution in [0.5, 0.6) is 5.75 Å². The zero-order chi connectivity index (χ0) is 23.5. The van der Waals surface area contributed by atoms with Crippen LogP contribution in [0.3, 0.4) is 0 Å². The fraction of sp³-hybridized carbons (Fsp3) is 0.552. The number of ether oxygens (including phenoxy) is 1. The molecule has 2 aromatic rings. The summed E-state index contributed by atoms with van der Waals surface area (Å²) in [5, 5.41) is 9.79. The van der Waals surface area contributed by atoms with Gasteiger partial charge in [-0.05, 0) is 74.4 Å². The number of aromatic nitrogens is 1. The van der Waals surface area contributed by atoms with Gasteiger partial charge < -0.3 is 4.74 Å². The number of benzene rings is 1. The van der Waals surface area contributed by atoms with E-state index in [9.17, 15) is 10.1 Å². The maximum absolute atomic E-state index is 12.7. The second kappa shape index (κ2) is 12.5. The molecule has 3 rings (SSSR count). The van der Waals surface area contributed by atoms with Crippen molar-refractivity contribution in [3.8, 4) is 23.1 Å². The lowest BCUT2D eigenvalue weighted by molar-refractivity contribution is -0.140. The third-order valence-electron chi connectivity index (χ3n) is 7.00. The molecule has 1 saturated carbocycles. The molecule has 1 heterocycles. The van der Waals surface area contributed by atoms with Crippen molar-refractivity contribution in [3.05, 3.63) is 48.2 Å². The van der Waals surface area contributed by atoms with Crippen molar-refractivity contribution in [1.29, 1.82) is 5.26 Å². The topological polar surface area (TPSA) is 63.0 Å². The van der Waals surface area contributed by atoms with Crippen LogP contribution in [0.25, 0.3) is 11.3 Å². The van der Waals surface area contributed by atoms with Gasteiger partial charge in [-0.1, -0.05) is 58.4 Å². The molecule has 1 aliphatic rings. The van der Waals surface area contributed by atoms with Crippen LogP contribution in [0, 0.1) is 22.7 Å². The summed E-state index contributed by atoms with van der Waals surface area (Å²) in [6.07, 6.45) is 14.2. The van der Waals surface area contributed by atoms with Crippen molar-refractivity contribution in [1.82, 2.24) is 4.98 Å². The lowest BCUT2D eigenvalue weighted by Gasteiger charge is -2.34. The molecule has 4 heteroatoms. The number of unbranched alkanes of at least 4 members (excludes halogenated alkanes) is 4. The SMILES string of the molecule is CCCCCCCC1(C#N)CCC(C(=O)Oc2ccc(-c3ccc(CCC)cn3)cc2)CC1. The van der Waals surface area contributed by atoms with Crippen molar-refractivity contribution in [2.75, 3.05) is 0 Å². The molecule has 176 valence electrons. The summed E-state index contributed by atoms with van der Waals surface area (Å²) in [5.74, 6) is 0.290. The van der Waals surface area contributed by atoms with Gasteiger partial charge in [0.1, 0.15) is 5.75 Å². The maximum atomic E-state index is 12.7. The van der Waals surface area contributed by atoms with Crippen LogP contribution in [-0.4, -0.2) is 11.0 Å². The molecule has 0 aliphatic heterocycles. The summed E-state index contributed by atoms with van der Waals surface area (Å²) in [6.45, 7) is 4.38. The van der Waals surface area contributed by atoms with E-state index in [1.807, 2.05) is 36.5 Å². The quantitative estimate of drug-likeness (QED) is 0.202. The van der Waals surface area contributed by atoms with Gasteiger partial charge in [0.05, 0.1) is 23.1 Å². The molecule has 0 spiro atoms. The van der Waals surface area contributed by atoms with Crippen LogP contribution in [0.4, 0.5) is 0 Å². The van der Waals surface area contributed by atoms with Gasteiger partial charge in [-0.3, -0.25) is 9.78 Å². The highest BCUT2D eigenvalue weighted by Crippen LogP contribution is 2.42. The van der Waals surface area contributed by atoms with Crippen molar-refractivity contribution in [2.45, 2.75) is 90.9 Å². The highest BCUT2D eigenvalue weighted by atomic mass is 16.5. The Hall–Kier alpha value is -2.67. The zero-order valence-corrected chi connectivity index (χ0v) is 20.3. The molecular weight excluding hydrogens is 408 g/mol. The van der Waals surface area contributed by atoms with Crippen LogP contribution in [0.15, 0.2) is 42.6 Å². The number of aryl methyl sites for hydroxylation is 1. The number of hydrogen-bond acceptors (Lipinski definition) is 4. The molecule has 1 aromatic carbocycles. The Bertz CT molecular complexity index is 904. The summed E-state index contributed by atoms with van der Waals surface area (Å²) < 4.78 is 5.68. The Labute approximate surface area is 199 Å². The number of esters is 1. The molecule has 4 nitrogen and oxygen atoms in total. The Balaban J connectivity index is 1.49. The zero-order valence-electron chi connectivity index (χ0n) is 20.3. The number of carbonyl (C=O) groups is 1. The monoisotopic (exact) mass is 446 g/mol. The van der Waals surface area contributed by atoms with Crippen LogP contribution in [0.2, 0.25) is 0 Å². The number of nitrogens with zero attached hydrogens (tertiary/aromatic N) is 2. The summed E-state index contributed by atoms with van der Waals surface area (Å²) in [5.41, 5.74) is 2.93. The van der Waals surface area contributed by atoms with Gasteiger partial charge in [-0.15, -0.1) is 0 Å². The minimum Gasteiger partial charge on any atom is -0.426 e. The molecule has 0 radical (unpaired) electrons. The molecule has 1 fully saturated rings. The summed E-state index contributed by atoms with van der Waals surface area (Å²) in [6, 6.07) is 14.3. The van der Waals surface area contributed by atoms with Gasteiger partial charge in [0.25, 0.3) is 0 Å². The van der Waals surface area contributed by atoms with E-state index in [-0.39, 0.29) is 17.3 Å². The van der Waals surface area contributed by atoms with Crippen molar-refractivity contribution < 1.29 is 9.53 Å². The summed E-state index contributed by atoms with van der Waals surface area (Å²) in [7, 11) is 0. The fourth-order valence-electron chi connectivity index (χ4n) is 4.82. The van der Waals surface area contributed by atoms with Crippen LogP contribution in [0.1, 0.15) is 90.0 Å². The Morgan fingerprint density at radius 2 is 1.76 bits per heavy atom. The number of nitriles is 1. The van der Waals surface area contributed by atoms with Gasteiger partial charge >= 0.3 is 5.97 Å². The molecular formula is C29H38N2O2. The molecule has 1 aliphatic carbocycles. The number of carbonyl (C=O) groups excluding carboxylic acids is 1. The second-order valence-corrected chi connectivity index (χ2v) is 9.58. The lowest BCUT2D eigenvalue weighted by atomic mass is 9.69. The van der Waals surface area contributed by atoms with E-state index in [4.69, 9.17) is 4.74 Å². The van der Waals surface area contributed by atoms with Crippen LogP contribution >= 0.6 is 0 Å². The average molecular weight is 447 g/mol. The van der Waals surface area contributed by atoms with Crippen molar-refractivity contribution in [2.24, 2.45) is 11.3 Å². The predicted octanol–water partition coefficient (Wildman–Crippen LogP) is 7.67. The van der Waals surface area contributed by atoms with Crippen molar-refractivity contribution >= 4 is 5.97 Å². The normalized spacial score (nSPS) is 20.2. The molecule has 33 heavy (non-hydrogen) atoms. The smallest absolute Gasteiger partial charge is 0.314 e. The number of hydrogen-bond donors (Lipinski definition) is 0. The largest absolute Gasteiger partial charge is 0.426 e. The molecule has 0 N–H and O–H groups in total. The Morgan fingerprint density at radius 1 is 1.03 bits per heavy atom. The van der Waals surface area contributed by atoms with E-state index in [1.54, 1.807) is 0 Å². The summed E-state index contributed by atoms with van der Waals surface area (Å²) >= 11 is 0. The van der Waals surface area contributed by atoms with Crippen LogP contribution < -0.4 is 4.74 Å². The molecule has 0 amide bonds. The van der Waals surface area contributed by atoms with E-state index >= 15 is 0 Å². The molecule has 1 aromatic heterocycles. The third kappa shape index (κ3) is 7.16. The third-order valence-corrected chi connectivity index (χ3v) is 7.00. The maximum Gasteiger partial charge on any atom is 0.314 e. The van der Waals surface area contributed by atoms with E-state index < -0.39 is 0 Å².